The molecule has 1 saturated carbocycles. The van der Waals surface area contributed by atoms with Crippen molar-refractivity contribution in [3.63, 3.8) is 0 Å². The third kappa shape index (κ3) is 2.77. The Morgan fingerprint density at radius 1 is 1.32 bits per heavy atom. The molecule has 8 nitrogen and oxygen atoms in total. The van der Waals surface area contributed by atoms with Crippen molar-refractivity contribution in [3.8, 4) is 5.69 Å². The lowest BCUT2D eigenvalue weighted by molar-refractivity contribution is -0.127. The zero-order chi connectivity index (χ0) is 17.4. The first-order chi connectivity index (χ1) is 12.1. The Bertz CT molecular complexity index is 813. The maximum Gasteiger partial charge on any atom is 0.322 e. The highest BCUT2D eigenvalue weighted by Gasteiger charge is 2.48. The Kier molecular flexibility index (Phi) is 3.74. The monoisotopic (exact) mass is 340 g/mol. The highest BCUT2D eigenvalue weighted by molar-refractivity contribution is 5.92. The van der Waals surface area contributed by atoms with Crippen molar-refractivity contribution in [1.82, 2.24) is 25.1 Å². The fourth-order valence-electron chi connectivity index (χ4n) is 3.83. The first kappa shape index (κ1) is 15.7. The number of benzene rings is 1. The van der Waals surface area contributed by atoms with Crippen LogP contribution in [0.1, 0.15) is 37.7 Å². The highest BCUT2D eigenvalue weighted by Crippen LogP contribution is 2.43. The molecule has 0 atom stereocenters. The summed E-state index contributed by atoms with van der Waals surface area (Å²) < 4.78 is 1.58. The molecule has 8 heteroatoms. The van der Waals surface area contributed by atoms with Crippen LogP contribution in [0.15, 0.2) is 24.5 Å². The second-order valence-corrected chi connectivity index (χ2v) is 6.88. The normalized spacial score (nSPS) is 18.9. The number of Topliss-reactive ketones (excluding diaryl/α,β-unsaturated/α-hetero) is 1. The number of anilines is 1. The lowest BCUT2D eigenvalue weighted by atomic mass is 9.70. The summed E-state index contributed by atoms with van der Waals surface area (Å²) >= 11 is 0. The summed E-state index contributed by atoms with van der Waals surface area (Å²) in [5.74, 6) is 0.269. The highest BCUT2D eigenvalue weighted by atomic mass is 16.2. The zero-order valence-corrected chi connectivity index (χ0v) is 14.1. The quantitative estimate of drug-likeness (QED) is 0.903. The number of nitrogens with zero attached hydrogens (tertiary/aromatic N) is 5. The van der Waals surface area contributed by atoms with E-state index in [0.29, 0.717) is 19.4 Å². The largest absolute Gasteiger partial charge is 0.322 e. The maximum atomic E-state index is 12.8. The Labute approximate surface area is 145 Å². The Hall–Kier alpha value is -2.77. The number of amides is 2. The molecule has 1 aliphatic carbocycles. The van der Waals surface area contributed by atoms with Crippen LogP contribution in [0.2, 0.25) is 0 Å². The van der Waals surface area contributed by atoms with Crippen molar-refractivity contribution >= 4 is 17.5 Å². The summed E-state index contributed by atoms with van der Waals surface area (Å²) in [4.78, 5) is 26.5. The second-order valence-electron chi connectivity index (χ2n) is 6.88. The molecule has 0 bridgehead atoms. The van der Waals surface area contributed by atoms with E-state index < -0.39 is 0 Å². The van der Waals surface area contributed by atoms with Crippen molar-refractivity contribution in [2.45, 2.75) is 44.6 Å². The standard InChI is InChI=1S/C17H20N6O2/c1-12-9-13(3-4-15(12)23-11-18-20-21-23)19-16(25)22-8-5-14(24)10-17(22)6-2-7-17/h3-4,9,11H,2,5-8,10H2,1H3,(H,19,25). The van der Waals surface area contributed by atoms with Crippen molar-refractivity contribution < 1.29 is 9.59 Å². The minimum Gasteiger partial charge on any atom is -0.318 e. The van der Waals surface area contributed by atoms with Gasteiger partial charge in [0.15, 0.2) is 0 Å². The average molecular weight is 340 g/mol. The van der Waals surface area contributed by atoms with Crippen LogP contribution in [0.3, 0.4) is 0 Å². The number of aromatic nitrogens is 4. The summed E-state index contributed by atoms with van der Waals surface area (Å²) in [7, 11) is 0. The van der Waals surface area contributed by atoms with Crippen LogP contribution in [0.25, 0.3) is 5.69 Å². The van der Waals surface area contributed by atoms with Crippen LogP contribution >= 0.6 is 0 Å². The molecule has 0 unspecified atom stereocenters. The lowest BCUT2D eigenvalue weighted by Gasteiger charge is -2.52. The minimum atomic E-state index is -0.249. The predicted octanol–water partition coefficient (Wildman–Crippen LogP) is 2.09. The Morgan fingerprint density at radius 2 is 2.16 bits per heavy atom. The second kappa shape index (κ2) is 5.94. The molecule has 2 aromatic rings. The van der Waals surface area contributed by atoms with Gasteiger partial charge in [0.1, 0.15) is 12.1 Å². The van der Waals surface area contributed by atoms with Gasteiger partial charge >= 0.3 is 6.03 Å². The molecule has 25 heavy (non-hydrogen) atoms. The zero-order valence-electron chi connectivity index (χ0n) is 14.1. The molecule has 1 aromatic carbocycles. The van der Waals surface area contributed by atoms with Crippen LogP contribution in [-0.4, -0.2) is 49.0 Å². The van der Waals surface area contributed by atoms with Gasteiger partial charge in [-0.05, 0) is 60.4 Å². The summed E-state index contributed by atoms with van der Waals surface area (Å²) in [6.07, 6.45) is 5.40. The van der Waals surface area contributed by atoms with Crippen LogP contribution in [0.4, 0.5) is 10.5 Å². The van der Waals surface area contributed by atoms with Crippen LogP contribution < -0.4 is 5.32 Å². The van der Waals surface area contributed by atoms with Gasteiger partial charge in [0.2, 0.25) is 0 Å². The molecule has 2 fully saturated rings. The number of aryl methyl sites for hydroxylation is 1. The molecule has 4 rings (SSSR count). The molecule has 0 radical (unpaired) electrons. The molecule has 1 aromatic heterocycles. The number of hydrogen-bond donors (Lipinski definition) is 1. The number of tetrazole rings is 1. The van der Waals surface area contributed by atoms with Crippen molar-refractivity contribution in [2.24, 2.45) is 0 Å². The van der Waals surface area contributed by atoms with Crippen LogP contribution in [-0.2, 0) is 4.79 Å². The van der Waals surface area contributed by atoms with E-state index in [-0.39, 0.29) is 17.4 Å². The number of likely N-dealkylation sites (tertiary alicyclic amines) is 1. The van der Waals surface area contributed by atoms with E-state index >= 15 is 0 Å². The Morgan fingerprint density at radius 3 is 2.80 bits per heavy atom. The third-order valence-corrected chi connectivity index (χ3v) is 5.29. The molecule has 130 valence electrons. The van der Waals surface area contributed by atoms with E-state index in [2.05, 4.69) is 20.8 Å². The fourth-order valence-corrected chi connectivity index (χ4v) is 3.83. The van der Waals surface area contributed by atoms with Gasteiger partial charge in [-0.2, -0.15) is 0 Å². The third-order valence-electron chi connectivity index (χ3n) is 5.29. The number of carbonyl (C=O) groups is 2. The van der Waals surface area contributed by atoms with Gasteiger partial charge in [0, 0.05) is 25.1 Å². The molecule has 1 saturated heterocycles. The number of piperidine rings is 1. The number of urea groups is 1. The van der Waals surface area contributed by atoms with Crippen molar-refractivity contribution in [3.05, 3.63) is 30.1 Å². The molecule has 2 amide bonds. The van der Waals surface area contributed by atoms with Crippen LogP contribution in [0.5, 0.6) is 0 Å². The summed E-state index contributed by atoms with van der Waals surface area (Å²) in [6.45, 7) is 2.45. The predicted molar refractivity (Wildman–Crippen MR) is 90.4 cm³/mol. The Balaban J connectivity index is 1.51. The van der Waals surface area contributed by atoms with E-state index in [1.165, 1.54) is 6.33 Å². The number of carbonyl (C=O) groups excluding carboxylic acids is 2. The average Bonchev–Trinajstić information content (AvgIpc) is 3.07. The van der Waals surface area contributed by atoms with E-state index in [1.807, 2.05) is 30.0 Å². The van der Waals surface area contributed by atoms with Gasteiger partial charge in [0.25, 0.3) is 0 Å². The first-order valence-electron chi connectivity index (χ1n) is 8.52. The van der Waals surface area contributed by atoms with Gasteiger partial charge in [-0.25, -0.2) is 9.48 Å². The van der Waals surface area contributed by atoms with E-state index in [1.54, 1.807) is 4.68 Å². The van der Waals surface area contributed by atoms with Crippen molar-refractivity contribution in [1.29, 1.82) is 0 Å². The summed E-state index contributed by atoms with van der Waals surface area (Å²) in [5.41, 5.74) is 2.30. The van der Waals surface area contributed by atoms with Crippen LogP contribution in [0, 0.1) is 6.92 Å². The van der Waals surface area contributed by atoms with E-state index in [0.717, 1.165) is 36.2 Å². The van der Waals surface area contributed by atoms with Gasteiger partial charge in [-0.1, -0.05) is 0 Å². The fraction of sp³-hybridized carbons (Fsp3) is 0.471. The van der Waals surface area contributed by atoms with E-state index in [4.69, 9.17) is 0 Å². The molecular weight excluding hydrogens is 320 g/mol. The molecule has 1 spiro atoms. The topological polar surface area (TPSA) is 93.0 Å². The first-order valence-corrected chi connectivity index (χ1v) is 8.52. The molecule has 1 aliphatic heterocycles. The number of nitrogens with one attached hydrogen (secondary N) is 1. The van der Waals surface area contributed by atoms with Crippen molar-refractivity contribution in [2.75, 3.05) is 11.9 Å². The maximum absolute atomic E-state index is 12.8. The number of hydrogen-bond acceptors (Lipinski definition) is 5. The minimum absolute atomic E-state index is 0.123. The van der Waals surface area contributed by atoms with Gasteiger partial charge < -0.3 is 10.2 Å². The SMILES string of the molecule is Cc1cc(NC(=O)N2CCC(=O)CC23CCC3)ccc1-n1cnnn1. The smallest absolute Gasteiger partial charge is 0.318 e. The lowest BCUT2D eigenvalue weighted by Crippen LogP contribution is -2.61. The molecule has 1 N–H and O–H groups in total. The number of rotatable bonds is 2. The van der Waals surface area contributed by atoms with E-state index in [9.17, 15) is 9.59 Å². The number of ketones is 1. The van der Waals surface area contributed by atoms with Gasteiger partial charge in [-0.15, -0.1) is 5.10 Å². The summed E-state index contributed by atoms with van der Waals surface area (Å²) in [6, 6.07) is 5.49. The molecule has 2 heterocycles. The van der Waals surface area contributed by atoms with Gasteiger partial charge in [-0.3, -0.25) is 4.79 Å². The molecular formula is C17H20N6O2. The van der Waals surface area contributed by atoms with Gasteiger partial charge in [0.05, 0.1) is 11.2 Å². The summed E-state index contributed by atoms with van der Waals surface area (Å²) in [5, 5.41) is 14.1. The molecule has 2 aliphatic rings.